The molecule has 0 saturated carbocycles. The molecule has 1 aliphatic heterocycles. The first kappa shape index (κ1) is 23.4. The highest BCUT2D eigenvalue weighted by atomic mass is 32.2. The fraction of sp³-hybridized carbons (Fsp3) is 0.346. The molecule has 0 N–H and O–H groups in total. The average Bonchev–Trinajstić information content (AvgIpc) is 3.35. The summed E-state index contributed by atoms with van der Waals surface area (Å²) in [6.07, 6.45) is 3.32. The molecule has 35 heavy (non-hydrogen) atoms. The topological polar surface area (TPSA) is 83.7 Å². The lowest BCUT2D eigenvalue weighted by atomic mass is 9.95. The second kappa shape index (κ2) is 8.73. The molecular weight excluding hydrogens is 460 g/mol. The Morgan fingerprint density at radius 1 is 0.771 bits per heavy atom. The molecule has 0 atom stereocenters. The minimum atomic E-state index is -3.63. The third-order valence-corrected chi connectivity index (χ3v) is 9.61. The molecule has 4 aromatic rings. The molecule has 0 amide bonds. The van der Waals surface area contributed by atoms with Gasteiger partial charge in [-0.25, -0.2) is 13.4 Å². The van der Waals surface area contributed by atoms with E-state index < -0.39 is 10.0 Å². The van der Waals surface area contributed by atoms with Crippen LogP contribution in [0.25, 0.3) is 16.9 Å². The van der Waals surface area contributed by atoms with E-state index in [4.69, 9.17) is 0 Å². The molecule has 0 bridgehead atoms. The number of aromatic nitrogens is 4. The number of piperazine rings is 1. The van der Waals surface area contributed by atoms with Gasteiger partial charge in [-0.05, 0) is 68.0 Å². The van der Waals surface area contributed by atoms with Gasteiger partial charge in [0.1, 0.15) is 12.1 Å². The average molecular weight is 491 g/mol. The molecule has 2 aromatic heterocycles. The van der Waals surface area contributed by atoms with Crippen LogP contribution in [0.1, 0.15) is 27.8 Å². The van der Waals surface area contributed by atoms with Gasteiger partial charge in [0.25, 0.3) is 5.78 Å². The highest BCUT2D eigenvalue weighted by Gasteiger charge is 2.33. The van der Waals surface area contributed by atoms with E-state index in [-0.39, 0.29) is 0 Å². The summed E-state index contributed by atoms with van der Waals surface area (Å²) < 4.78 is 31.0. The number of hydrogen-bond donors (Lipinski definition) is 0. The molecule has 0 aliphatic carbocycles. The van der Waals surface area contributed by atoms with E-state index in [0.29, 0.717) is 36.9 Å². The standard InChI is InChI=1S/C26H30N6O2S/c1-17-18(2)20(4)24(21(5)19(17)3)35(33,34)31-13-11-30(12-14-31)25-23(22-9-7-6-8-10-22)15-27-26-28-16-29-32(25)26/h6-10,15-16H,11-14H2,1-5H3. The van der Waals surface area contributed by atoms with Gasteiger partial charge in [0, 0.05) is 37.9 Å². The summed E-state index contributed by atoms with van der Waals surface area (Å²) in [6.45, 7) is 11.8. The van der Waals surface area contributed by atoms with E-state index in [0.717, 1.165) is 44.8 Å². The Labute approximate surface area is 206 Å². The minimum absolute atomic E-state index is 0.389. The van der Waals surface area contributed by atoms with Crippen LogP contribution in [-0.4, -0.2) is 58.5 Å². The van der Waals surface area contributed by atoms with Crippen molar-refractivity contribution >= 4 is 21.6 Å². The molecule has 0 spiro atoms. The summed E-state index contributed by atoms with van der Waals surface area (Å²) >= 11 is 0. The van der Waals surface area contributed by atoms with E-state index in [1.54, 1.807) is 8.82 Å². The highest BCUT2D eigenvalue weighted by Crippen LogP contribution is 2.34. The first-order valence-electron chi connectivity index (χ1n) is 11.8. The minimum Gasteiger partial charge on any atom is -0.353 e. The van der Waals surface area contributed by atoms with Crippen molar-refractivity contribution in [3.05, 3.63) is 70.7 Å². The molecule has 3 heterocycles. The van der Waals surface area contributed by atoms with Crippen molar-refractivity contribution in [3.8, 4) is 11.1 Å². The summed E-state index contributed by atoms with van der Waals surface area (Å²) in [5, 5.41) is 4.42. The third kappa shape index (κ3) is 3.79. The molecular formula is C26H30N6O2S. The lowest BCUT2D eigenvalue weighted by molar-refractivity contribution is 0.382. The van der Waals surface area contributed by atoms with Crippen molar-refractivity contribution < 1.29 is 8.42 Å². The van der Waals surface area contributed by atoms with Crippen molar-refractivity contribution in [2.24, 2.45) is 0 Å². The predicted molar refractivity (Wildman–Crippen MR) is 137 cm³/mol. The number of nitrogens with zero attached hydrogens (tertiary/aromatic N) is 6. The number of sulfonamides is 1. The maximum Gasteiger partial charge on any atom is 0.254 e. The van der Waals surface area contributed by atoms with E-state index in [1.165, 1.54) is 6.33 Å². The first-order chi connectivity index (χ1) is 16.7. The molecule has 0 radical (unpaired) electrons. The normalized spacial score (nSPS) is 15.2. The largest absolute Gasteiger partial charge is 0.353 e. The highest BCUT2D eigenvalue weighted by molar-refractivity contribution is 7.89. The Kier molecular flexibility index (Phi) is 5.85. The lowest BCUT2D eigenvalue weighted by Crippen LogP contribution is -2.49. The van der Waals surface area contributed by atoms with Crippen molar-refractivity contribution in [1.29, 1.82) is 0 Å². The lowest BCUT2D eigenvalue weighted by Gasteiger charge is -2.36. The van der Waals surface area contributed by atoms with E-state index in [9.17, 15) is 8.42 Å². The second-order valence-electron chi connectivity index (χ2n) is 9.18. The molecule has 2 aromatic carbocycles. The third-order valence-electron chi connectivity index (χ3n) is 7.43. The zero-order valence-electron chi connectivity index (χ0n) is 20.8. The summed E-state index contributed by atoms with van der Waals surface area (Å²) in [7, 11) is -3.63. The summed E-state index contributed by atoms with van der Waals surface area (Å²) in [5.41, 5.74) is 6.91. The predicted octanol–water partition coefficient (Wildman–Crippen LogP) is 3.84. The van der Waals surface area contributed by atoms with Crippen molar-refractivity contribution in [2.45, 2.75) is 39.5 Å². The van der Waals surface area contributed by atoms with Gasteiger partial charge in [-0.2, -0.15) is 18.9 Å². The number of rotatable bonds is 4. The van der Waals surface area contributed by atoms with Crippen LogP contribution in [0.4, 0.5) is 5.82 Å². The number of hydrogen-bond acceptors (Lipinski definition) is 6. The van der Waals surface area contributed by atoms with Crippen molar-refractivity contribution in [3.63, 3.8) is 0 Å². The van der Waals surface area contributed by atoms with Crippen LogP contribution in [-0.2, 0) is 10.0 Å². The van der Waals surface area contributed by atoms with Gasteiger partial charge in [0.05, 0.1) is 4.90 Å². The van der Waals surface area contributed by atoms with Gasteiger partial charge < -0.3 is 4.90 Å². The van der Waals surface area contributed by atoms with Crippen LogP contribution < -0.4 is 4.90 Å². The maximum absolute atomic E-state index is 13.8. The van der Waals surface area contributed by atoms with Gasteiger partial charge >= 0.3 is 0 Å². The van der Waals surface area contributed by atoms with Crippen LogP contribution in [0.5, 0.6) is 0 Å². The Bertz CT molecular complexity index is 1490. The molecule has 182 valence electrons. The molecule has 1 fully saturated rings. The zero-order chi connectivity index (χ0) is 24.9. The Hall–Kier alpha value is -3.30. The van der Waals surface area contributed by atoms with Gasteiger partial charge in [0.15, 0.2) is 0 Å². The molecule has 9 heteroatoms. The monoisotopic (exact) mass is 490 g/mol. The Morgan fingerprint density at radius 2 is 1.37 bits per heavy atom. The molecule has 1 aliphatic rings. The van der Waals surface area contributed by atoms with Gasteiger partial charge in [0.2, 0.25) is 10.0 Å². The van der Waals surface area contributed by atoms with Crippen LogP contribution in [0, 0.1) is 34.6 Å². The number of benzene rings is 2. The summed E-state index contributed by atoms with van der Waals surface area (Å²) in [4.78, 5) is 11.4. The molecule has 5 rings (SSSR count). The van der Waals surface area contributed by atoms with Gasteiger partial charge in [-0.15, -0.1) is 0 Å². The fourth-order valence-electron chi connectivity index (χ4n) is 5.01. The number of anilines is 1. The maximum atomic E-state index is 13.8. The summed E-state index contributed by atoms with van der Waals surface area (Å²) in [6, 6.07) is 10.0. The fourth-order valence-corrected chi connectivity index (χ4v) is 7.00. The van der Waals surface area contributed by atoms with Crippen LogP contribution in [0.15, 0.2) is 47.8 Å². The van der Waals surface area contributed by atoms with Crippen LogP contribution >= 0.6 is 0 Å². The van der Waals surface area contributed by atoms with Crippen LogP contribution in [0.3, 0.4) is 0 Å². The molecule has 8 nitrogen and oxygen atoms in total. The van der Waals surface area contributed by atoms with Gasteiger partial charge in [-0.1, -0.05) is 30.3 Å². The SMILES string of the molecule is Cc1c(C)c(C)c(S(=O)(=O)N2CCN(c3c(-c4ccccc4)cnc4ncnn34)CC2)c(C)c1C. The van der Waals surface area contributed by atoms with E-state index in [1.807, 2.05) is 64.2 Å². The Balaban J connectivity index is 1.49. The summed E-state index contributed by atoms with van der Waals surface area (Å²) in [5.74, 6) is 1.40. The Morgan fingerprint density at radius 3 is 2.00 bits per heavy atom. The van der Waals surface area contributed by atoms with E-state index in [2.05, 4.69) is 26.9 Å². The van der Waals surface area contributed by atoms with Crippen molar-refractivity contribution in [1.82, 2.24) is 23.9 Å². The van der Waals surface area contributed by atoms with Crippen molar-refractivity contribution in [2.75, 3.05) is 31.1 Å². The quantitative estimate of drug-likeness (QED) is 0.432. The first-order valence-corrected chi connectivity index (χ1v) is 13.2. The van der Waals surface area contributed by atoms with E-state index >= 15 is 0 Å². The molecule has 1 saturated heterocycles. The smallest absolute Gasteiger partial charge is 0.254 e. The molecule has 0 unspecified atom stereocenters. The second-order valence-corrected chi connectivity index (χ2v) is 11.1. The van der Waals surface area contributed by atoms with Gasteiger partial charge in [-0.3, -0.25) is 0 Å². The zero-order valence-corrected chi connectivity index (χ0v) is 21.6. The number of fused-ring (bicyclic) bond motifs is 1. The van der Waals surface area contributed by atoms with Crippen LogP contribution in [0.2, 0.25) is 0 Å².